The average molecular weight is 458 g/mol. The van der Waals surface area contributed by atoms with Gasteiger partial charge in [0, 0.05) is 35.7 Å². The maximum absolute atomic E-state index is 13.3. The van der Waals surface area contributed by atoms with E-state index in [0.717, 1.165) is 5.56 Å². The van der Waals surface area contributed by atoms with Crippen LogP contribution < -0.4 is 0 Å². The Balaban J connectivity index is 1.83. The Morgan fingerprint density at radius 3 is 2.33 bits per heavy atom. The number of carboxylic acids is 1. The van der Waals surface area contributed by atoms with E-state index in [1.165, 1.54) is 34.4 Å². The Labute approximate surface area is 190 Å². The third kappa shape index (κ3) is 3.86. The molecule has 9 heteroatoms. The first-order valence-corrected chi connectivity index (χ1v) is 11.4. The number of fused-ring (bicyclic) bond motifs is 1. The van der Waals surface area contributed by atoms with E-state index in [9.17, 15) is 23.6 Å². The molecule has 0 radical (unpaired) electrons. The van der Waals surface area contributed by atoms with Crippen molar-refractivity contribution < 1.29 is 18.3 Å². The second kappa shape index (κ2) is 8.30. The fraction of sp³-hybridized carbons (Fsp3) is 0.125. The van der Waals surface area contributed by atoms with E-state index < -0.39 is 16.0 Å². The number of rotatable bonds is 6. The highest BCUT2D eigenvalue weighted by molar-refractivity contribution is 7.90. The first kappa shape index (κ1) is 21.9. The quantitative estimate of drug-likeness (QED) is 0.472. The summed E-state index contributed by atoms with van der Waals surface area (Å²) in [7, 11) is -3.91. The molecule has 0 saturated heterocycles. The second-order valence-corrected chi connectivity index (χ2v) is 9.33. The first-order valence-electron chi connectivity index (χ1n) is 9.92. The Bertz CT molecular complexity index is 1580. The SMILES string of the molecule is Cc1c(CC(=O)O)c2ccc(C#N)cn2c1Cc1cccn1S(=O)(=O)c1ccc(C#N)cc1. The molecule has 0 bridgehead atoms. The number of hydrogen-bond acceptors (Lipinski definition) is 5. The lowest BCUT2D eigenvalue weighted by Gasteiger charge is -2.12. The molecule has 164 valence electrons. The van der Waals surface area contributed by atoms with Gasteiger partial charge in [-0.15, -0.1) is 0 Å². The van der Waals surface area contributed by atoms with Crippen molar-refractivity contribution in [3.8, 4) is 12.1 Å². The number of nitriles is 2. The summed E-state index contributed by atoms with van der Waals surface area (Å²) in [4.78, 5) is 11.5. The second-order valence-electron chi connectivity index (χ2n) is 7.52. The number of carbonyl (C=O) groups is 1. The molecular formula is C24H18N4O4S. The van der Waals surface area contributed by atoms with Gasteiger partial charge in [-0.05, 0) is 66.6 Å². The molecule has 4 aromatic rings. The Hall–Kier alpha value is -4.34. The molecule has 0 unspecified atom stereocenters. The summed E-state index contributed by atoms with van der Waals surface area (Å²) in [6, 6.07) is 16.4. The Morgan fingerprint density at radius 2 is 1.70 bits per heavy atom. The summed E-state index contributed by atoms with van der Waals surface area (Å²) < 4.78 is 29.5. The lowest BCUT2D eigenvalue weighted by Crippen LogP contribution is -2.15. The smallest absolute Gasteiger partial charge is 0.307 e. The molecule has 1 N–H and O–H groups in total. The minimum absolute atomic E-state index is 0.0500. The van der Waals surface area contributed by atoms with Crippen LogP contribution in [0.3, 0.4) is 0 Å². The van der Waals surface area contributed by atoms with Crippen LogP contribution in [0.4, 0.5) is 0 Å². The van der Waals surface area contributed by atoms with Crippen LogP contribution in [0.25, 0.3) is 5.52 Å². The van der Waals surface area contributed by atoms with Crippen LogP contribution in [-0.4, -0.2) is 27.9 Å². The van der Waals surface area contributed by atoms with Crippen LogP contribution in [0.2, 0.25) is 0 Å². The first-order chi connectivity index (χ1) is 15.8. The summed E-state index contributed by atoms with van der Waals surface area (Å²) in [5, 5.41) is 27.7. The Morgan fingerprint density at radius 1 is 1.03 bits per heavy atom. The molecule has 0 spiro atoms. The van der Waals surface area contributed by atoms with Gasteiger partial charge in [0.2, 0.25) is 0 Å². The zero-order chi connectivity index (χ0) is 23.8. The normalized spacial score (nSPS) is 11.2. The molecular weight excluding hydrogens is 440 g/mol. The van der Waals surface area contributed by atoms with Gasteiger partial charge >= 0.3 is 5.97 Å². The van der Waals surface area contributed by atoms with Crippen molar-refractivity contribution in [2.24, 2.45) is 0 Å². The lowest BCUT2D eigenvalue weighted by molar-refractivity contribution is -0.136. The lowest BCUT2D eigenvalue weighted by atomic mass is 10.1. The van der Waals surface area contributed by atoms with Crippen LogP contribution >= 0.6 is 0 Å². The average Bonchev–Trinajstić information content (AvgIpc) is 3.38. The van der Waals surface area contributed by atoms with E-state index in [1.807, 2.05) is 6.07 Å². The predicted octanol–water partition coefficient (Wildman–Crippen LogP) is 3.25. The van der Waals surface area contributed by atoms with Crippen LogP contribution in [-0.2, 0) is 27.7 Å². The van der Waals surface area contributed by atoms with Crippen molar-refractivity contribution in [3.63, 3.8) is 0 Å². The molecule has 4 rings (SSSR count). The number of benzene rings is 1. The van der Waals surface area contributed by atoms with Gasteiger partial charge < -0.3 is 9.51 Å². The van der Waals surface area contributed by atoms with Crippen molar-refractivity contribution >= 4 is 21.5 Å². The summed E-state index contributed by atoms with van der Waals surface area (Å²) in [6.45, 7) is 1.80. The molecule has 0 aliphatic heterocycles. The van der Waals surface area contributed by atoms with Gasteiger partial charge in [0.1, 0.15) is 6.07 Å². The number of carboxylic acid groups (broad SMARTS) is 1. The molecule has 0 amide bonds. The predicted molar refractivity (Wildman–Crippen MR) is 119 cm³/mol. The molecule has 0 aliphatic carbocycles. The third-order valence-electron chi connectivity index (χ3n) is 5.57. The fourth-order valence-electron chi connectivity index (χ4n) is 3.93. The van der Waals surface area contributed by atoms with Crippen molar-refractivity contribution in [1.82, 2.24) is 8.37 Å². The number of aliphatic carboxylic acids is 1. The maximum atomic E-state index is 13.3. The zero-order valence-electron chi connectivity index (χ0n) is 17.6. The van der Waals surface area contributed by atoms with E-state index in [0.29, 0.717) is 33.6 Å². The van der Waals surface area contributed by atoms with E-state index in [1.54, 1.807) is 41.8 Å². The summed E-state index contributed by atoms with van der Waals surface area (Å²) in [6.07, 6.45) is 3.09. The van der Waals surface area contributed by atoms with Crippen molar-refractivity contribution in [3.05, 3.63) is 94.6 Å². The van der Waals surface area contributed by atoms with Crippen LogP contribution in [0.15, 0.2) is 65.8 Å². The number of hydrogen-bond donors (Lipinski definition) is 1. The summed E-state index contributed by atoms with van der Waals surface area (Å²) >= 11 is 0. The largest absolute Gasteiger partial charge is 0.481 e. The fourth-order valence-corrected chi connectivity index (χ4v) is 5.31. The van der Waals surface area contributed by atoms with E-state index in [-0.39, 0.29) is 17.7 Å². The highest BCUT2D eigenvalue weighted by atomic mass is 32.2. The summed E-state index contributed by atoms with van der Waals surface area (Å²) in [5.74, 6) is -0.978. The van der Waals surface area contributed by atoms with Crippen LogP contribution in [0.5, 0.6) is 0 Å². The molecule has 3 heterocycles. The molecule has 0 atom stereocenters. The number of aromatic nitrogens is 2. The molecule has 33 heavy (non-hydrogen) atoms. The van der Waals surface area contributed by atoms with Gasteiger partial charge in [-0.2, -0.15) is 10.5 Å². The highest BCUT2D eigenvalue weighted by Gasteiger charge is 2.23. The van der Waals surface area contributed by atoms with Crippen LogP contribution in [0.1, 0.15) is 33.6 Å². The standard InChI is InChI=1S/C24H18N4O4S/c1-16-21(12-24(29)30)22-9-6-18(14-26)15-27(22)23(16)11-19-3-2-10-28(19)33(31,32)20-7-4-17(13-25)5-8-20/h2-10,15H,11-12H2,1H3,(H,29,30). The van der Waals surface area contributed by atoms with Gasteiger partial charge in [-0.1, -0.05) is 0 Å². The van der Waals surface area contributed by atoms with Crippen molar-refractivity contribution in [1.29, 1.82) is 10.5 Å². The van der Waals surface area contributed by atoms with Crippen molar-refractivity contribution in [2.75, 3.05) is 0 Å². The molecule has 1 aromatic carbocycles. The highest BCUT2D eigenvalue weighted by Crippen LogP contribution is 2.28. The minimum Gasteiger partial charge on any atom is -0.481 e. The minimum atomic E-state index is -3.91. The zero-order valence-corrected chi connectivity index (χ0v) is 18.4. The summed E-state index contributed by atoms with van der Waals surface area (Å²) in [5.41, 5.74) is 3.96. The topological polar surface area (TPSA) is 128 Å². The van der Waals surface area contributed by atoms with Gasteiger partial charge in [0.15, 0.2) is 0 Å². The van der Waals surface area contributed by atoms with Gasteiger partial charge in [-0.25, -0.2) is 12.4 Å². The van der Waals surface area contributed by atoms with E-state index in [2.05, 4.69) is 6.07 Å². The molecule has 8 nitrogen and oxygen atoms in total. The Kier molecular flexibility index (Phi) is 5.50. The number of nitrogens with zero attached hydrogens (tertiary/aromatic N) is 4. The van der Waals surface area contributed by atoms with Crippen LogP contribution in [0, 0.1) is 29.6 Å². The van der Waals surface area contributed by atoms with E-state index in [4.69, 9.17) is 5.26 Å². The molecule has 3 aromatic heterocycles. The van der Waals surface area contributed by atoms with E-state index >= 15 is 0 Å². The van der Waals surface area contributed by atoms with Gasteiger partial charge in [0.05, 0.1) is 28.5 Å². The third-order valence-corrected chi connectivity index (χ3v) is 7.32. The molecule has 0 saturated carbocycles. The van der Waals surface area contributed by atoms with Gasteiger partial charge in [0.25, 0.3) is 10.0 Å². The maximum Gasteiger partial charge on any atom is 0.307 e. The monoisotopic (exact) mass is 458 g/mol. The van der Waals surface area contributed by atoms with Gasteiger partial charge in [-0.3, -0.25) is 4.79 Å². The number of pyridine rings is 1. The van der Waals surface area contributed by atoms with Crippen molar-refractivity contribution in [2.45, 2.75) is 24.7 Å². The molecule has 0 fully saturated rings. The molecule has 0 aliphatic rings.